The SMILES string of the molecule is CCCCCCCC[Si](C)(C)OC.CCCCOC(=O)[C@@H](CC(C)C)Nc1cccc2ccccc12. The van der Waals surface area contributed by atoms with E-state index in [0.717, 1.165) is 30.3 Å². The van der Waals surface area contributed by atoms with Crippen LogP contribution in [0.2, 0.25) is 19.1 Å². The van der Waals surface area contributed by atoms with Crippen molar-refractivity contribution < 1.29 is 14.0 Å². The molecular weight excluding hydrogens is 462 g/mol. The van der Waals surface area contributed by atoms with Crippen LogP contribution in [0.1, 0.15) is 85.5 Å². The van der Waals surface area contributed by atoms with Crippen LogP contribution >= 0.6 is 0 Å². The summed E-state index contributed by atoms with van der Waals surface area (Å²) in [5, 5.41) is 5.70. The summed E-state index contributed by atoms with van der Waals surface area (Å²) in [6, 6.07) is 15.3. The Morgan fingerprint density at radius 3 is 2.19 bits per heavy atom. The van der Waals surface area contributed by atoms with Crippen molar-refractivity contribution >= 4 is 30.7 Å². The lowest BCUT2D eigenvalue weighted by Crippen LogP contribution is -2.33. The summed E-state index contributed by atoms with van der Waals surface area (Å²) in [5.74, 6) is 0.265. The molecule has 2 aromatic rings. The first kappa shape index (κ1) is 32.2. The molecule has 2 rings (SSSR count). The highest BCUT2D eigenvalue weighted by atomic mass is 28.4. The highest BCUT2D eigenvalue weighted by molar-refractivity contribution is 6.71. The van der Waals surface area contributed by atoms with Gasteiger partial charge in [-0.1, -0.05) is 109 Å². The summed E-state index contributed by atoms with van der Waals surface area (Å²) >= 11 is 0. The van der Waals surface area contributed by atoms with Crippen molar-refractivity contribution in [1.82, 2.24) is 0 Å². The van der Waals surface area contributed by atoms with Crippen molar-refractivity contribution in [3.63, 3.8) is 0 Å². The molecule has 204 valence electrons. The van der Waals surface area contributed by atoms with E-state index >= 15 is 0 Å². The lowest BCUT2D eigenvalue weighted by Gasteiger charge is -2.21. The maximum absolute atomic E-state index is 12.4. The molecule has 0 fully saturated rings. The number of carbonyl (C=O) groups excluding carboxylic acids is 1. The number of rotatable bonds is 16. The summed E-state index contributed by atoms with van der Waals surface area (Å²) in [6.07, 6.45) is 11.1. The topological polar surface area (TPSA) is 47.6 Å². The van der Waals surface area contributed by atoms with Crippen molar-refractivity contribution in [3.8, 4) is 0 Å². The smallest absolute Gasteiger partial charge is 0.328 e. The standard InChI is InChI=1S/C20H27NO2.C11H26OSi/c1-4-5-13-23-20(22)19(14-15(2)3)21-18-12-8-10-16-9-6-7-11-17(16)18;1-5-6-7-8-9-10-11-13(3,4)12-2/h6-12,15,19,21H,4-5,13-14H2,1-3H3;5-11H2,1-4H3/t19-;/m1./s1. The van der Waals surface area contributed by atoms with Gasteiger partial charge in [0.05, 0.1) is 6.61 Å². The molecule has 0 amide bonds. The minimum Gasteiger partial charge on any atom is -0.464 e. The van der Waals surface area contributed by atoms with Gasteiger partial charge < -0.3 is 14.5 Å². The van der Waals surface area contributed by atoms with Crippen LogP contribution in [-0.2, 0) is 14.0 Å². The molecule has 5 heteroatoms. The van der Waals surface area contributed by atoms with Crippen molar-refractivity contribution in [2.75, 3.05) is 19.0 Å². The number of hydrogen-bond donors (Lipinski definition) is 1. The highest BCUT2D eigenvalue weighted by Crippen LogP contribution is 2.25. The summed E-state index contributed by atoms with van der Waals surface area (Å²) in [6.45, 7) is 13.7. The third-order valence-corrected chi connectivity index (χ3v) is 9.20. The predicted octanol–water partition coefficient (Wildman–Crippen LogP) is 9.21. The number of ether oxygens (including phenoxy) is 1. The number of benzene rings is 2. The molecule has 0 bridgehead atoms. The quantitative estimate of drug-likeness (QED) is 0.137. The molecule has 0 unspecified atom stereocenters. The molecule has 0 aliphatic carbocycles. The van der Waals surface area contributed by atoms with Gasteiger partial charge in [0.15, 0.2) is 8.32 Å². The van der Waals surface area contributed by atoms with Gasteiger partial charge in [-0.3, -0.25) is 0 Å². The van der Waals surface area contributed by atoms with E-state index in [-0.39, 0.29) is 12.0 Å². The Kier molecular flexibility index (Phi) is 16.4. The second kappa shape index (κ2) is 18.4. The van der Waals surface area contributed by atoms with Crippen LogP contribution in [0.5, 0.6) is 0 Å². The first-order chi connectivity index (χ1) is 17.2. The molecule has 4 nitrogen and oxygen atoms in total. The molecule has 0 aromatic heterocycles. The third kappa shape index (κ3) is 13.5. The van der Waals surface area contributed by atoms with E-state index in [1.807, 2.05) is 31.4 Å². The van der Waals surface area contributed by atoms with Gasteiger partial charge in [-0.2, -0.15) is 0 Å². The van der Waals surface area contributed by atoms with Crippen LogP contribution in [-0.4, -0.2) is 34.0 Å². The Hall–Kier alpha value is -1.85. The zero-order chi connectivity index (χ0) is 26.8. The van der Waals surface area contributed by atoms with Gasteiger partial charge in [0.2, 0.25) is 0 Å². The van der Waals surface area contributed by atoms with Crippen LogP contribution in [0.4, 0.5) is 5.69 Å². The fourth-order valence-corrected chi connectivity index (χ4v) is 5.38. The zero-order valence-corrected chi connectivity index (χ0v) is 25.2. The number of nitrogens with one attached hydrogen (secondary N) is 1. The molecule has 0 radical (unpaired) electrons. The van der Waals surface area contributed by atoms with Crippen molar-refractivity contribution in [2.45, 2.75) is 111 Å². The summed E-state index contributed by atoms with van der Waals surface area (Å²) in [4.78, 5) is 12.4. The van der Waals surface area contributed by atoms with E-state index in [1.165, 1.54) is 50.0 Å². The molecular formula is C31H53NO3Si. The van der Waals surface area contributed by atoms with Gasteiger partial charge in [0, 0.05) is 18.2 Å². The molecule has 0 heterocycles. The molecule has 1 N–H and O–H groups in total. The number of esters is 1. The Balaban J connectivity index is 0.000000426. The fraction of sp³-hybridized carbons (Fsp3) is 0.645. The normalized spacial score (nSPS) is 12.2. The molecule has 1 atom stereocenters. The highest BCUT2D eigenvalue weighted by Gasteiger charge is 2.22. The second-order valence-electron chi connectivity index (χ2n) is 10.9. The number of fused-ring (bicyclic) bond motifs is 1. The van der Waals surface area contributed by atoms with E-state index in [2.05, 4.69) is 64.3 Å². The van der Waals surface area contributed by atoms with E-state index in [1.54, 1.807) is 0 Å². The third-order valence-electron chi connectivity index (χ3n) is 6.54. The first-order valence-electron chi connectivity index (χ1n) is 14.2. The molecule has 0 saturated heterocycles. The molecule has 2 aromatic carbocycles. The maximum Gasteiger partial charge on any atom is 0.328 e. The molecule has 0 aliphatic rings. The largest absolute Gasteiger partial charge is 0.464 e. The van der Waals surface area contributed by atoms with E-state index in [9.17, 15) is 4.79 Å². The number of carbonyl (C=O) groups is 1. The summed E-state index contributed by atoms with van der Waals surface area (Å²) in [5.41, 5.74) is 0.987. The van der Waals surface area contributed by atoms with Gasteiger partial charge >= 0.3 is 5.97 Å². The first-order valence-corrected chi connectivity index (χ1v) is 17.3. The van der Waals surface area contributed by atoms with Gasteiger partial charge in [-0.25, -0.2) is 4.79 Å². The van der Waals surface area contributed by atoms with E-state index in [0.29, 0.717) is 12.5 Å². The van der Waals surface area contributed by atoms with Crippen LogP contribution in [0, 0.1) is 5.92 Å². The number of anilines is 1. The average molecular weight is 516 g/mol. The van der Waals surface area contributed by atoms with Gasteiger partial charge in [-0.15, -0.1) is 0 Å². The Bertz CT molecular complexity index is 847. The van der Waals surface area contributed by atoms with Crippen LogP contribution in [0.3, 0.4) is 0 Å². The Morgan fingerprint density at radius 2 is 1.53 bits per heavy atom. The summed E-state index contributed by atoms with van der Waals surface area (Å²) in [7, 11) is 0.619. The second-order valence-corrected chi connectivity index (χ2v) is 15.3. The maximum atomic E-state index is 12.4. The van der Waals surface area contributed by atoms with Gasteiger partial charge in [-0.05, 0) is 49.4 Å². The fourth-order valence-electron chi connectivity index (χ4n) is 4.08. The molecule has 0 spiro atoms. The van der Waals surface area contributed by atoms with Crippen molar-refractivity contribution in [3.05, 3.63) is 42.5 Å². The average Bonchev–Trinajstić information content (AvgIpc) is 2.86. The predicted molar refractivity (Wildman–Crippen MR) is 159 cm³/mol. The van der Waals surface area contributed by atoms with Crippen LogP contribution < -0.4 is 5.32 Å². The van der Waals surface area contributed by atoms with Crippen molar-refractivity contribution in [2.24, 2.45) is 5.92 Å². The van der Waals surface area contributed by atoms with Crippen molar-refractivity contribution in [1.29, 1.82) is 0 Å². The van der Waals surface area contributed by atoms with Gasteiger partial charge in [0.1, 0.15) is 6.04 Å². The monoisotopic (exact) mass is 515 g/mol. The minimum absolute atomic E-state index is 0.153. The Labute approximate surface area is 222 Å². The molecule has 0 saturated carbocycles. The summed E-state index contributed by atoms with van der Waals surface area (Å²) < 4.78 is 10.9. The minimum atomic E-state index is -1.25. The molecule has 0 aliphatic heterocycles. The van der Waals surface area contributed by atoms with Crippen LogP contribution in [0.15, 0.2) is 42.5 Å². The molecule has 36 heavy (non-hydrogen) atoms. The Morgan fingerprint density at radius 1 is 0.889 bits per heavy atom. The van der Waals surface area contributed by atoms with E-state index in [4.69, 9.17) is 9.16 Å². The number of unbranched alkanes of at least 4 members (excludes halogenated alkanes) is 6. The number of hydrogen-bond acceptors (Lipinski definition) is 4. The lowest BCUT2D eigenvalue weighted by molar-refractivity contribution is -0.145. The van der Waals surface area contributed by atoms with E-state index < -0.39 is 8.32 Å². The van der Waals surface area contributed by atoms with Gasteiger partial charge in [0.25, 0.3) is 0 Å². The zero-order valence-electron chi connectivity index (χ0n) is 24.2. The lowest BCUT2D eigenvalue weighted by atomic mass is 10.0. The van der Waals surface area contributed by atoms with Crippen LogP contribution in [0.25, 0.3) is 10.8 Å².